The average Bonchev–Trinajstić information content (AvgIpc) is 3.25. The van der Waals surface area contributed by atoms with Crippen molar-refractivity contribution in [2.75, 3.05) is 46.1 Å². The van der Waals surface area contributed by atoms with Crippen molar-refractivity contribution < 1.29 is 14.2 Å². The van der Waals surface area contributed by atoms with Crippen molar-refractivity contribution in [3.05, 3.63) is 29.8 Å². The quantitative estimate of drug-likeness (QED) is 0.529. The van der Waals surface area contributed by atoms with E-state index in [0.29, 0.717) is 12.7 Å². The van der Waals surface area contributed by atoms with Crippen molar-refractivity contribution in [1.82, 2.24) is 10.6 Å². The molecule has 2 aliphatic rings. The summed E-state index contributed by atoms with van der Waals surface area (Å²) in [5.74, 6) is 1.79. The Bertz CT molecular complexity index is 606. The van der Waals surface area contributed by atoms with Gasteiger partial charge in [0.2, 0.25) is 0 Å². The summed E-state index contributed by atoms with van der Waals surface area (Å²) in [5.41, 5.74) is 1.33. The van der Waals surface area contributed by atoms with Gasteiger partial charge in [0.05, 0.1) is 19.3 Å². The topological polar surface area (TPSA) is 64.1 Å². The molecule has 28 heavy (non-hydrogen) atoms. The summed E-state index contributed by atoms with van der Waals surface area (Å²) in [7, 11) is 0. The van der Waals surface area contributed by atoms with E-state index in [1.54, 1.807) is 0 Å². The number of nitrogens with zero attached hydrogens (tertiary/aromatic N) is 1. The molecular weight excluding hydrogens is 354 g/mol. The van der Waals surface area contributed by atoms with Gasteiger partial charge in [0.25, 0.3) is 0 Å². The number of aliphatic imine (C=N–C) groups is 1. The van der Waals surface area contributed by atoms with Crippen molar-refractivity contribution >= 4 is 5.96 Å². The third kappa shape index (κ3) is 5.61. The predicted octanol–water partition coefficient (Wildman–Crippen LogP) is 2.87. The smallest absolute Gasteiger partial charge is 0.191 e. The molecule has 0 aromatic heterocycles. The first kappa shape index (κ1) is 20.9. The first-order chi connectivity index (χ1) is 13.8. The molecule has 0 amide bonds. The summed E-state index contributed by atoms with van der Waals surface area (Å²) in [6, 6.07) is 8.53. The molecule has 1 unspecified atom stereocenters. The normalized spacial score (nSPS) is 22.1. The Morgan fingerprint density at radius 2 is 1.93 bits per heavy atom. The van der Waals surface area contributed by atoms with Crippen LogP contribution in [0.1, 0.15) is 45.1 Å². The average molecular weight is 390 g/mol. The fraction of sp³-hybridized carbons (Fsp3) is 0.682. The van der Waals surface area contributed by atoms with E-state index >= 15 is 0 Å². The van der Waals surface area contributed by atoms with E-state index in [-0.39, 0.29) is 5.41 Å². The molecule has 6 nitrogen and oxygen atoms in total. The van der Waals surface area contributed by atoms with Crippen LogP contribution in [0.3, 0.4) is 0 Å². The van der Waals surface area contributed by atoms with Gasteiger partial charge in [-0.1, -0.05) is 12.1 Å². The second-order valence-electron chi connectivity index (χ2n) is 7.56. The zero-order chi connectivity index (χ0) is 19.7. The van der Waals surface area contributed by atoms with Gasteiger partial charge in [-0.3, -0.25) is 4.99 Å². The molecule has 2 N–H and O–H groups in total. The minimum absolute atomic E-state index is 0.00913. The number of guanidine groups is 1. The van der Waals surface area contributed by atoms with Crippen LogP contribution >= 0.6 is 0 Å². The molecule has 2 saturated heterocycles. The standard InChI is InChI=1S/C22H35N3O3/c1-3-23-21(24-16-20-6-5-13-28-20)25-17-22(11-14-26-15-12-22)18-7-9-19(10-8-18)27-4-2/h7-10,20H,3-6,11-17H2,1-2H3,(H2,23,24,25). The van der Waals surface area contributed by atoms with Gasteiger partial charge in [0.15, 0.2) is 5.96 Å². The third-order valence-corrected chi connectivity index (χ3v) is 5.63. The van der Waals surface area contributed by atoms with Gasteiger partial charge in [0.1, 0.15) is 5.75 Å². The maximum absolute atomic E-state index is 5.72. The van der Waals surface area contributed by atoms with E-state index in [4.69, 9.17) is 19.2 Å². The van der Waals surface area contributed by atoms with Crippen LogP contribution in [0.15, 0.2) is 29.3 Å². The van der Waals surface area contributed by atoms with Crippen LogP contribution in [0, 0.1) is 0 Å². The van der Waals surface area contributed by atoms with Crippen molar-refractivity contribution in [1.29, 1.82) is 0 Å². The van der Waals surface area contributed by atoms with Crippen LogP contribution in [0.25, 0.3) is 0 Å². The Hall–Kier alpha value is -1.79. The number of ether oxygens (including phenoxy) is 3. The number of hydrogen-bond acceptors (Lipinski definition) is 4. The number of hydrogen-bond donors (Lipinski definition) is 2. The van der Waals surface area contributed by atoms with Crippen molar-refractivity contribution in [3.8, 4) is 5.75 Å². The zero-order valence-corrected chi connectivity index (χ0v) is 17.3. The highest BCUT2D eigenvalue weighted by molar-refractivity contribution is 5.79. The Balaban J connectivity index is 1.71. The minimum atomic E-state index is 0.00913. The third-order valence-electron chi connectivity index (χ3n) is 5.63. The predicted molar refractivity (Wildman–Crippen MR) is 112 cm³/mol. The SMILES string of the molecule is CCNC(=NCC1(c2ccc(OCC)cc2)CCOCC1)NCC1CCCO1. The summed E-state index contributed by atoms with van der Waals surface area (Å²) >= 11 is 0. The number of benzene rings is 1. The lowest BCUT2D eigenvalue weighted by Crippen LogP contribution is -2.43. The molecular formula is C22H35N3O3. The van der Waals surface area contributed by atoms with Gasteiger partial charge in [-0.15, -0.1) is 0 Å². The number of nitrogens with one attached hydrogen (secondary N) is 2. The number of rotatable bonds is 8. The van der Waals surface area contributed by atoms with E-state index in [1.165, 1.54) is 5.56 Å². The van der Waals surface area contributed by atoms with Crippen LogP contribution in [0.4, 0.5) is 0 Å². The Morgan fingerprint density at radius 3 is 2.57 bits per heavy atom. The molecule has 0 saturated carbocycles. The second-order valence-corrected chi connectivity index (χ2v) is 7.56. The van der Waals surface area contributed by atoms with Crippen molar-refractivity contribution in [2.45, 2.75) is 51.0 Å². The molecule has 2 heterocycles. The van der Waals surface area contributed by atoms with E-state index in [1.807, 2.05) is 6.92 Å². The fourth-order valence-corrected chi connectivity index (χ4v) is 3.96. The molecule has 0 radical (unpaired) electrons. The first-order valence-electron chi connectivity index (χ1n) is 10.7. The molecule has 1 aromatic rings. The van der Waals surface area contributed by atoms with Crippen LogP contribution in [-0.4, -0.2) is 58.1 Å². The molecule has 1 aromatic carbocycles. The van der Waals surface area contributed by atoms with E-state index in [9.17, 15) is 0 Å². The van der Waals surface area contributed by atoms with Crippen LogP contribution < -0.4 is 15.4 Å². The summed E-state index contributed by atoms with van der Waals surface area (Å²) in [6.07, 6.45) is 4.54. The maximum atomic E-state index is 5.72. The molecule has 2 fully saturated rings. The molecule has 0 spiro atoms. The lowest BCUT2D eigenvalue weighted by molar-refractivity contribution is 0.0530. The van der Waals surface area contributed by atoms with Gasteiger partial charge in [-0.05, 0) is 57.2 Å². The Labute approximate surface area is 169 Å². The van der Waals surface area contributed by atoms with Crippen molar-refractivity contribution in [2.24, 2.45) is 4.99 Å². The highest BCUT2D eigenvalue weighted by Crippen LogP contribution is 2.36. The van der Waals surface area contributed by atoms with E-state index < -0.39 is 0 Å². The maximum Gasteiger partial charge on any atom is 0.191 e. The molecule has 0 bridgehead atoms. The summed E-state index contributed by atoms with van der Waals surface area (Å²) < 4.78 is 17.0. The van der Waals surface area contributed by atoms with Crippen molar-refractivity contribution in [3.63, 3.8) is 0 Å². The second kappa shape index (κ2) is 10.7. The van der Waals surface area contributed by atoms with E-state index in [2.05, 4.69) is 41.8 Å². The first-order valence-corrected chi connectivity index (χ1v) is 10.7. The van der Waals surface area contributed by atoms with Gasteiger partial charge in [-0.25, -0.2) is 0 Å². The Kier molecular flexibility index (Phi) is 7.98. The lowest BCUT2D eigenvalue weighted by atomic mass is 9.74. The minimum Gasteiger partial charge on any atom is -0.494 e. The van der Waals surface area contributed by atoms with Crippen LogP contribution in [0.5, 0.6) is 5.75 Å². The Morgan fingerprint density at radius 1 is 1.14 bits per heavy atom. The van der Waals surface area contributed by atoms with Gasteiger partial charge in [0, 0.05) is 38.3 Å². The van der Waals surface area contributed by atoms with Crippen LogP contribution in [0.2, 0.25) is 0 Å². The molecule has 156 valence electrons. The molecule has 6 heteroatoms. The summed E-state index contributed by atoms with van der Waals surface area (Å²) in [6.45, 7) is 9.62. The van der Waals surface area contributed by atoms with Gasteiger partial charge in [-0.2, -0.15) is 0 Å². The largest absolute Gasteiger partial charge is 0.494 e. The molecule has 1 atom stereocenters. The van der Waals surface area contributed by atoms with Gasteiger partial charge >= 0.3 is 0 Å². The monoisotopic (exact) mass is 389 g/mol. The summed E-state index contributed by atoms with van der Waals surface area (Å²) in [5, 5.41) is 6.83. The van der Waals surface area contributed by atoms with Gasteiger partial charge < -0.3 is 24.8 Å². The van der Waals surface area contributed by atoms with Crippen LogP contribution in [-0.2, 0) is 14.9 Å². The molecule has 0 aliphatic carbocycles. The highest BCUT2D eigenvalue weighted by Gasteiger charge is 2.34. The fourth-order valence-electron chi connectivity index (χ4n) is 3.96. The van der Waals surface area contributed by atoms with E-state index in [0.717, 1.165) is 76.8 Å². The zero-order valence-electron chi connectivity index (χ0n) is 17.3. The highest BCUT2D eigenvalue weighted by atomic mass is 16.5. The summed E-state index contributed by atoms with van der Waals surface area (Å²) in [4.78, 5) is 4.96. The molecule has 3 rings (SSSR count). The molecule has 2 aliphatic heterocycles. The lowest BCUT2D eigenvalue weighted by Gasteiger charge is -2.36.